The molecule has 5 heteroatoms. The summed E-state index contributed by atoms with van der Waals surface area (Å²) in [6.45, 7) is 4.29. The minimum atomic E-state index is -0.345. The van der Waals surface area contributed by atoms with E-state index in [1.54, 1.807) is 17.9 Å². The first-order valence-electron chi connectivity index (χ1n) is 9.24. The van der Waals surface area contributed by atoms with Crippen LogP contribution in [-0.2, 0) is 4.79 Å². The smallest absolute Gasteiger partial charge is 0.258 e. The Morgan fingerprint density at radius 2 is 1.79 bits per heavy atom. The van der Waals surface area contributed by atoms with Gasteiger partial charge in [-0.05, 0) is 52.0 Å². The van der Waals surface area contributed by atoms with E-state index in [1.165, 1.54) is 19.3 Å². The lowest BCUT2D eigenvalue weighted by Gasteiger charge is -2.36. The molecule has 24 heavy (non-hydrogen) atoms. The molecule has 1 saturated heterocycles. The highest BCUT2D eigenvalue weighted by molar-refractivity contribution is 5.98. The van der Waals surface area contributed by atoms with Crippen LogP contribution in [0.4, 0.5) is 0 Å². The lowest BCUT2D eigenvalue weighted by molar-refractivity contribution is -0.127. The number of amides is 2. The first-order valence-corrected chi connectivity index (χ1v) is 9.24. The number of nitrogens with one attached hydrogen (secondary N) is 1. The van der Waals surface area contributed by atoms with Gasteiger partial charge in [0.05, 0.1) is 5.56 Å². The summed E-state index contributed by atoms with van der Waals surface area (Å²) in [5.74, 6) is 1.31. The van der Waals surface area contributed by atoms with E-state index in [0.717, 1.165) is 37.9 Å². The monoisotopic (exact) mass is 332 g/mol. The van der Waals surface area contributed by atoms with Crippen molar-refractivity contribution in [3.8, 4) is 0 Å². The van der Waals surface area contributed by atoms with Crippen molar-refractivity contribution in [2.24, 2.45) is 0 Å². The van der Waals surface area contributed by atoms with Crippen LogP contribution in [0, 0.1) is 13.8 Å². The number of rotatable bonds is 3. The minimum absolute atomic E-state index is 0.0211. The van der Waals surface area contributed by atoms with Crippen molar-refractivity contribution in [2.45, 2.75) is 77.3 Å². The fourth-order valence-corrected chi connectivity index (χ4v) is 3.99. The highest BCUT2D eigenvalue weighted by atomic mass is 16.3. The van der Waals surface area contributed by atoms with Gasteiger partial charge in [-0.15, -0.1) is 0 Å². The standard InChI is InChI=1S/C19H28N2O3/c1-13-12-16(14(2)24-13)19(23)21-11-7-6-10-17(21)18(22)20-15-8-4-3-5-9-15/h12,15,17H,3-11H2,1-2H3,(H,20,22)/t17-/m1/s1. The molecule has 2 aliphatic rings. The van der Waals surface area contributed by atoms with Crippen molar-refractivity contribution in [3.63, 3.8) is 0 Å². The average molecular weight is 332 g/mol. The highest BCUT2D eigenvalue weighted by Crippen LogP contribution is 2.24. The van der Waals surface area contributed by atoms with E-state index >= 15 is 0 Å². The number of furan rings is 1. The SMILES string of the molecule is Cc1cc(C(=O)N2CCCC[C@@H]2C(=O)NC2CCCCC2)c(C)o1. The lowest BCUT2D eigenvalue weighted by Crippen LogP contribution is -2.54. The van der Waals surface area contributed by atoms with Crippen molar-refractivity contribution in [2.75, 3.05) is 6.54 Å². The Hall–Kier alpha value is -1.78. The zero-order valence-electron chi connectivity index (χ0n) is 14.8. The van der Waals surface area contributed by atoms with Gasteiger partial charge in [-0.2, -0.15) is 0 Å². The van der Waals surface area contributed by atoms with Gasteiger partial charge in [-0.25, -0.2) is 0 Å². The summed E-state index contributed by atoms with van der Waals surface area (Å²) >= 11 is 0. The van der Waals surface area contributed by atoms with Gasteiger partial charge in [0.15, 0.2) is 0 Å². The van der Waals surface area contributed by atoms with Crippen LogP contribution in [0.2, 0.25) is 0 Å². The van der Waals surface area contributed by atoms with E-state index in [0.29, 0.717) is 17.9 Å². The fourth-order valence-electron chi connectivity index (χ4n) is 3.99. The van der Waals surface area contributed by atoms with Crippen LogP contribution in [0.15, 0.2) is 10.5 Å². The molecule has 0 spiro atoms. The Kier molecular flexibility index (Phi) is 5.27. The molecule has 0 unspecified atom stereocenters. The first kappa shape index (κ1) is 17.1. The number of carbonyl (C=O) groups is 2. The lowest BCUT2D eigenvalue weighted by atomic mass is 9.94. The summed E-state index contributed by atoms with van der Waals surface area (Å²) in [6.07, 6.45) is 8.46. The molecule has 5 nitrogen and oxygen atoms in total. The van der Waals surface area contributed by atoms with Crippen LogP contribution < -0.4 is 5.32 Å². The van der Waals surface area contributed by atoms with Crippen molar-refractivity contribution >= 4 is 11.8 Å². The molecule has 1 aromatic rings. The van der Waals surface area contributed by atoms with Crippen molar-refractivity contribution < 1.29 is 14.0 Å². The molecule has 1 aliphatic carbocycles. The molecule has 3 rings (SSSR count). The second-order valence-electron chi connectivity index (χ2n) is 7.18. The number of piperidine rings is 1. The van der Waals surface area contributed by atoms with Crippen LogP contribution in [0.25, 0.3) is 0 Å². The van der Waals surface area contributed by atoms with Crippen LogP contribution in [0.5, 0.6) is 0 Å². The van der Waals surface area contributed by atoms with Crippen LogP contribution in [0.1, 0.15) is 73.2 Å². The first-order chi connectivity index (χ1) is 11.6. The third kappa shape index (κ3) is 3.65. The number of hydrogen-bond acceptors (Lipinski definition) is 3. The number of hydrogen-bond donors (Lipinski definition) is 1. The number of nitrogens with zero attached hydrogens (tertiary/aromatic N) is 1. The predicted molar refractivity (Wildman–Crippen MR) is 91.9 cm³/mol. The Bertz CT molecular complexity index is 602. The van der Waals surface area contributed by atoms with Crippen molar-refractivity contribution in [3.05, 3.63) is 23.2 Å². The van der Waals surface area contributed by atoms with Gasteiger partial charge >= 0.3 is 0 Å². The van der Waals surface area contributed by atoms with Crippen molar-refractivity contribution in [1.29, 1.82) is 0 Å². The van der Waals surface area contributed by atoms with E-state index in [2.05, 4.69) is 5.32 Å². The second-order valence-corrected chi connectivity index (χ2v) is 7.18. The van der Waals surface area contributed by atoms with Gasteiger partial charge in [0.25, 0.3) is 5.91 Å². The molecule has 0 aromatic carbocycles. The number of aryl methyl sites for hydroxylation is 2. The zero-order chi connectivity index (χ0) is 17.1. The topological polar surface area (TPSA) is 62.6 Å². The van der Waals surface area contributed by atoms with Crippen LogP contribution in [-0.4, -0.2) is 35.3 Å². The Morgan fingerprint density at radius 1 is 1.08 bits per heavy atom. The molecule has 2 heterocycles. The van der Waals surface area contributed by atoms with Crippen LogP contribution >= 0.6 is 0 Å². The summed E-state index contributed by atoms with van der Waals surface area (Å²) in [5.41, 5.74) is 0.588. The van der Waals surface area contributed by atoms with E-state index < -0.39 is 0 Å². The van der Waals surface area contributed by atoms with E-state index in [-0.39, 0.29) is 23.9 Å². The third-order valence-electron chi connectivity index (χ3n) is 5.29. The molecule has 1 saturated carbocycles. The maximum atomic E-state index is 12.9. The van der Waals surface area contributed by atoms with Gasteiger partial charge < -0.3 is 14.6 Å². The molecular weight excluding hydrogens is 304 g/mol. The van der Waals surface area contributed by atoms with Gasteiger partial charge in [0.2, 0.25) is 5.91 Å². The van der Waals surface area contributed by atoms with E-state index in [1.807, 2.05) is 6.92 Å². The molecule has 2 amide bonds. The van der Waals surface area contributed by atoms with Gasteiger partial charge in [-0.3, -0.25) is 9.59 Å². The van der Waals surface area contributed by atoms with Gasteiger partial charge in [0, 0.05) is 12.6 Å². The molecule has 1 atom stereocenters. The predicted octanol–water partition coefficient (Wildman–Crippen LogP) is 3.34. The molecule has 0 bridgehead atoms. The number of likely N-dealkylation sites (tertiary alicyclic amines) is 1. The normalized spacial score (nSPS) is 22.4. The molecule has 1 aliphatic heterocycles. The van der Waals surface area contributed by atoms with Crippen molar-refractivity contribution in [1.82, 2.24) is 10.2 Å². The molecule has 2 fully saturated rings. The Labute approximate surface area is 143 Å². The fraction of sp³-hybridized carbons (Fsp3) is 0.684. The third-order valence-corrected chi connectivity index (χ3v) is 5.29. The van der Waals surface area contributed by atoms with E-state index in [4.69, 9.17) is 4.42 Å². The number of carbonyl (C=O) groups excluding carboxylic acids is 2. The molecule has 0 radical (unpaired) electrons. The minimum Gasteiger partial charge on any atom is -0.466 e. The molecule has 1 N–H and O–H groups in total. The molecule has 132 valence electrons. The van der Waals surface area contributed by atoms with Gasteiger partial charge in [0.1, 0.15) is 17.6 Å². The maximum absolute atomic E-state index is 12.9. The summed E-state index contributed by atoms with van der Waals surface area (Å²) in [6, 6.07) is 1.72. The maximum Gasteiger partial charge on any atom is 0.258 e. The quantitative estimate of drug-likeness (QED) is 0.923. The molecular formula is C19H28N2O3. The average Bonchev–Trinajstić information content (AvgIpc) is 2.93. The second kappa shape index (κ2) is 7.41. The Morgan fingerprint density at radius 3 is 2.46 bits per heavy atom. The Balaban J connectivity index is 1.71. The van der Waals surface area contributed by atoms with Crippen LogP contribution in [0.3, 0.4) is 0 Å². The summed E-state index contributed by atoms with van der Waals surface area (Å²) in [7, 11) is 0. The summed E-state index contributed by atoms with van der Waals surface area (Å²) in [5, 5.41) is 3.19. The largest absolute Gasteiger partial charge is 0.466 e. The zero-order valence-corrected chi connectivity index (χ0v) is 14.8. The highest BCUT2D eigenvalue weighted by Gasteiger charge is 2.34. The summed E-state index contributed by atoms with van der Waals surface area (Å²) in [4.78, 5) is 27.5. The summed E-state index contributed by atoms with van der Waals surface area (Å²) < 4.78 is 5.50. The van der Waals surface area contributed by atoms with Gasteiger partial charge in [-0.1, -0.05) is 19.3 Å². The van der Waals surface area contributed by atoms with E-state index in [9.17, 15) is 9.59 Å². The molecule has 1 aromatic heterocycles.